The molecule has 1 unspecified atom stereocenters. The van der Waals surface area contributed by atoms with Crippen LogP contribution in [0.25, 0.3) is 0 Å². The highest BCUT2D eigenvalue weighted by Gasteiger charge is 2.20. The lowest BCUT2D eigenvalue weighted by atomic mass is 10.0. The molecular formula is C12H20N2. The van der Waals surface area contributed by atoms with Gasteiger partial charge in [0.25, 0.3) is 0 Å². The Morgan fingerprint density at radius 3 is 2.50 bits per heavy atom. The Morgan fingerprint density at radius 2 is 1.93 bits per heavy atom. The van der Waals surface area contributed by atoms with Crippen LogP contribution in [0.1, 0.15) is 13.3 Å². The van der Waals surface area contributed by atoms with Gasteiger partial charge in [0.1, 0.15) is 0 Å². The van der Waals surface area contributed by atoms with E-state index < -0.39 is 0 Å². The molecule has 2 rings (SSSR count). The molecule has 0 aromatic carbocycles. The second-order valence-electron chi connectivity index (χ2n) is 4.45. The van der Waals surface area contributed by atoms with Crippen molar-refractivity contribution in [1.82, 2.24) is 9.80 Å². The maximum Gasteiger partial charge on any atom is 0.0317 e. The van der Waals surface area contributed by atoms with Gasteiger partial charge in [-0.15, -0.1) is 0 Å². The Labute approximate surface area is 86.9 Å². The molecule has 1 aliphatic carbocycles. The summed E-state index contributed by atoms with van der Waals surface area (Å²) in [6.45, 7) is 7.05. The van der Waals surface area contributed by atoms with Crippen molar-refractivity contribution < 1.29 is 0 Å². The Bertz CT molecular complexity index is 247. The van der Waals surface area contributed by atoms with E-state index in [0.29, 0.717) is 6.04 Å². The van der Waals surface area contributed by atoms with Gasteiger partial charge in [0.15, 0.2) is 0 Å². The third-order valence-corrected chi connectivity index (χ3v) is 3.27. The van der Waals surface area contributed by atoms with Gasteiger partial charge in [0, 0.05) is 32.2 Å². The monoisotopic (exact) mass is 192 g/mol. The van der Waals surface area contributed by atoms with E-state index in [0.717, 1.165) is 0 Å². The number of piperazine rings is 1. The molecule has 2 heteroatoms. The van der Waals surface area contributed by atoms with Crippen LogP contribution in [-0.4, -0.2) is 49.1 Å². The molecule has 2 aliphatic rings. The van der Waals surface area contributed by atoms with Crippen molar-refractivity contribution in [3.05, 3.63) is 23.8 Å². The highest BCUT2D eigenvalue weighted by molar-refractivity contribution is 5.23. The maximum atomic E-state index is 2.60. The van der Waals surface area contributed by atoms with Crippen LogP contribution >= 0.6 is 0 Å². The molecule has 0 aromatic heterocycles. The van der Waals surface area contributed by atoms with Gasteiger partial charge in [-0.2, -0.15) is 0 Å². The summed E-state index contributed by atoms with van der Waals surface area (Å²) in [4.78, 5) is 5.00. The molecule has 1 saturated heterocycles. The van der Waals surface area contributed by atoms with Crippen LogP contribution in [0.4, 0.5) is 0 Å². The van der Waals surface area contributed by atoms with Crippen LogP contribution in [0.15, 0.2) is 23.8 Å². The van der Waals surface area contributed by atoms with Crippen molar-refractivity contribution >= 4 is 0 Å². The van der Waals surface area contributed by atoms with Gasteiger partial charge in [0.2, 0.25) is 0 Å². The smallest absolute Gasteiger partial charge is 0.0317 e. The average Bonchev–Trinajstić information content (AvgIpc) is 2.21. The van der Waals surface area contributed by atoms with Crippen molar-refractivity contribution in [3.8, 4) is 0 Å². The Hall–Kier alpha value is -0.600. The van der Waals surface area contributed by atoms with Crippen molar-refractivity contribution in [2.75, 3.05) is 33.2 Å². The van der Waals surface area contributed by atoms with E-state index in [1.54, 1.807) is 0 Å². The molecular weight excluding hydrogens is 172 g/mol. The van der Waals surface area contributed by atoms with Gasteiger partial charge in [-0.3, -0.25) is 4.90 Å². The van der Waals surface area contributed by atoms with E-state index in [9.17, 15) is 0 Å². The number of likely N-dealkylation sites (N-methyl/N-ethyl adjacent to an activating group) is 1. The highest BCUT2D eigenvalue weighted by Crippen LogP contribution is 2.16. The Balaban J connectivity index is 1.88. The zero-order chi connectivity index (χ0) is 9.97. The first kappa shape index (κ1) is 9.94. The zero-order valence-electron chi connectivity index (χ0n) is 9.24. The molecule has 0 spiro atoms. The predicted molar refractivity (Wildman–Crippen MR) is 60.4 cm³/mol. The van der Waals surface area contributed by atoms with E-state index in [2.05, 4.69) is 42.0 Å². The lowest BCUT2D eigenvalue weighted by molar-refractivity contribution is 0.130. The minimum Gasteiger partial charge on any atom is -0.304 e. The Kier molecular flexibility index (Phi) is 3.04. The summed E-state index contributed by atoms with van der Waals surface area (Å²) in [5.41, 5.74) is 1.41. The van der Waals surface area contributed by atoms with Crippen molar-refractivity contribution in [1.29, 1.82) is 0 Å². The van der Waals surface area contributed by atoms with Gasteiger partial charge in [-0.25, -0.2) is 0 Å². The molecule has 14 heavy (non-hydrogen) atoms. The van der Waals surface area contributed by atoms with Gasteiger partial charge < -0.3 is 4.90 Å². The van der Waals surface area contributed by atoms with E-state index in [-0.39, 0.29) is 0 Å². The molecule has 78 valence electrons. The largest absolute Gasteiger partial charge is 0.304 e. The first-order chi connectivity index (χ1) is 6.75. The van der Waals surface area contributed by atoms with Gasteiger partial charge >= 0.3 is 0 Å². The first-order valence-electron chi connectivity index (χ1n) is 5.53. The van der Waals surface area contributed by atoms with Crippen LogP contribution in [0, 0.1) is 0 Å². The minimum absolute atomic E-state index is 0.660. The molecule has 0 saturated carbocycles. The molecule has 0 amide bonds. The summed E-state index contributed by atoms with van der Waals surface area (Å²) in [6, 6.07) is 0.660. The van der Waals surface area contributed by atoms with Crippen LogP contribution in [0.5, 0.6) is 0 Å². The van der Waals surface area contributed by atoms with E-state index in [1.165, 1.54) is 38.2 Å². The summed E-state index contributed by atoms with van der Waals surface area (Å²) >= 11 is 0. The SMILES string of the molecule is CC1=CCC(N2CCN(C)CC2)C=C1. The number of rotatable bonds is 1. The van der Waals surface area contributed by atoms with Crippen molar-refractivity contribution in [3.63, 3.8) is 0 Å². The fourth-order valence-electron chi connectivity index (χ4n) is 2.14. The third-order valence-electron chi connectivity index (χ3n) is 3.27. The lowest BCUT2D eigenvalue weighted by Gasteiger charge is -2.37. The molecule has 0 radical (unpaired) electrons. The van der Waals surface area contributed by atoms with E-state index in [1.807, 2.05) is 0 Å². The Morgan fingerprint density at radius 1 is 1.21 bits per heavy atom. The normalized spacial score (nSPS) is 30.4. The third kappa shape index (κ3) is 2.25. The molecule has 1 aliphatic heterocycles. The topological polar surface area (TPSA) is 6.48 Å². The number of nitrogens with zero attached hydrogens (tertiary/aromatic N) is 2. The number of hydrogen-bond donors (Lipinski definition) is 0. The van der Waals surface area contributed by atoms with Gasteiger partial charge in [-0.05, 0) is 20.4 Å². The summed E-state index contributed by atoms with van der Waals surface area (Å²) in [6.07, 6.45) is 8.17. The minimum atomic E-state index is 0.660. The van der Waals surface area contributed by atoms with Crippen molar-refractivity contribution in [2.45, 2.75) is 19.4 Å². The average molecular weight is 192 g/mol. The summed E-state index contributed by atoms with van der Waals surface area (Å²) in [5.74, 6) is 0. The molecule has 0 bridgehead atoms. The number of hydrogen-bond acceptors (Lipinski definition) is 2. The van der Waals surface area contributed by atoms with E-state index >= 15 is 0 Å². The summed E-state index contributed by atoms with van der Waals surface area (Å²) in [7, 11) is 2.21. The van der Waals surface area contributed by atoms with Crippen LogP contribution in [0.2, 0.25) is 0 Å². The maximum absolute atomic E-state index is 2.60. The molecule has 0 N–H and O–H groups in total. The molecule has 1 fully saturated rings. The molecule has 2 nitrogen and oxygen atoms in total. The quantitative estimate of drug-likeness (QED) is 0.621. The van der Waals surface area contributed by atoms with Crippen LogP contribution < -0.4 is 0 Å². The summed E-state index contributed by atoms with van der Waals surface area (Å²) < 4.78 is 0. The molecule has 1 atom stereocenters. The number of allylic oxidation sites excluding steroid dienone is 2. The molecule has 0 aromatic rings. The van der Waals surface area contributed by atoms with Crippen LogP contribution in [-0.2, 0) is 0 Å². The lowest BCUT2D eigenvalue weighted by Crippen LogP contribution is -2.48. The first-order valence-corrected chi connectivity index (χ1v) is 5.53. The highest BCUT2D eigenvalue weighted by atomic mass is 15.3. The fourth-order valence-corrected chi connectivity index (χ4v) is 2.14. The van der Waals surface area contributed by atoms with Crippen molar-refractivity contribution in [2.24, 2.45) is 0 Å². The van der Waals surface area contributed by atoms with Gasteiger partial charge in [0.05, 0.1) is 0 Å². The summed E-state index contributed by atoms with van der Waals surface area (Å²) in [5, 5.41) is 0. The van der Waals surface area contributed by atoms with E-state index in [4.69, 9.17) is 0 Å². The van der Waals surface area contributed by atoms with Crippen LogP contribution in [0.3, 0.4) is 0 Å². The second kappa shape index (κ2) is 4.28. The zero-order valence-corrected chi connectivity index (χ0v) is 9.24. The molecule has 1 heterocycles. The second-order valence-corrected chi connectivity index (χ2v) is 4.45. The standard InChI is InChI=1S/C12H20N2/c1-11-3-5-12(6-4-11)14-9-7-13(2)8-10-14/h3-5,12H,6-10H2,1-2H3. The predicted octanol–water partition coefficient (Wildman–Crippen LogP) is 1.51. The van der Waals surface area contributed by atoms with Gasteiger partial charge in [-0.1, -0.05) is 23.8 Å². The fraction of sp³-hybridized carbons (Fsp3) is 0.667.